The van der Waals surface area contributed by atoms with Crippen molar-refractivity contribution >= 4 is 22.8 Å². The van der Waals surface area contributed by atoms with Crippen molar-refractivity contribution in [1.82, 2.24) is 4.90 Å². The van der Waals surface area contributed by atoms with Gasteiger partial charge in [0.05, 0.1) is 12.5 Å². The van der Waals surface area contributed by atoms with E-state index in [0.717, 1.165) is 0 Å². The summed E-state index contributed by atoms with van der Waals surface area (Å²) in [4.78, 5) is 37.5. The molecule has 126 valence electrons. The number of ether oxygens (including phenoxy) is 1. The number of hydrogen-bond acceptors (Lipinski definition) is 5. The van der Waals surface area contributed by atoms with E-state index in [1.54, 1.807) is 23.1 Å². The summed E-state index contributed by atoms with van der Waals surface area (Å²) in [6.07, 6.45) is 1.04. The number of fused-ring (bicyclic) bond motifs is 1. The minimum Gasteiger partial charge on any atom is -0.497 e. The molecule has 1 aromatic heterocycles. The number of nitrogens with zero attached hydrogens (tertiary/aromatic N) is 1. The van der Waals surface area contributed by atoms with Gasteiger partial charge >= 0.3 is 0 Å². The number of hydrogen-bond donors (Lipinski definition) is 1. The first kappa shape index (κ1) is 16.0. The number of amides is 2. The minimum absolute atomic E-state index is 0.0155. The summed E-state index contributed by atoms with van der Waals surface area (Å²) in [5.41, 5.74) is 5.32. The Morgan fingerprint density at radius 2 is 1.96 bits per heavy atom. The molecule has 1 aromatic carbocycles. The van der Waals surface area contributed by atoms with Gasteiger partial charge in [-0.1, -0.05) is 0 Å². The van der Waals surface area contributed by atoms with Gasteiger partial charge in [0.1, 0.15) is 11.3 Å². The highest BCUT2D eigenvalue weighted by Gasteiger charge is 2.27. The molecule has 2 heterocycles. The molecule has 24 heavy (non-hydrogen) atoms. The highest BCUT2D eigenvalue weighted by molar-refractivity contribution is 5.93. The molecule has 1 saturated heterocycles. The minimum atomic E-state index is -0.361. The number of likely N-dealkylation sites (tertiary alicyclic amines) is 1. The zero-order valence-corrected chi connectivity index (χ0v) is 13.3. The molecule has 0 radical (unpaired) electrons. The molecular weight excluding hydrogens is 312 g/mol. The van der Waals surface area contributed by atoms with Gasteiger partial charge in [-0.15, -0.1) is 0 Å². The van der Waals surface area contributed by atoms with Gasteiger partial charge in [0, 0.05) is 31.1 Å². The van der Waals surface area contributed by atoms with Crippen LogP contribution in [0.4, 0.5) is 0 Å². The first-order valence-electron chi connectivity index (χ1n) is 7.70. The van der Waals surface area contributed by atoms with Gasteiger partial charge in [-0.05, 0) is 25.0 Å². The van der Waals surface area contributed by atoms with E-state index in [1.165, 1.54) is 13.2 Å². The van der Waals surface area contributed by atoms with Crippen LogP contribution in [0.15, 0.2) is 33.5 Å². The lowest BCUT2D eigenvalue weighted by Crippen LogP contribution is -2.41. The molecule has 0 saturated carbocycles. The maximum atomic E-state index is 12.6. The molecule has 7 heteroatoms. The molecule has 7 nitrogen and oxygen atoms in total. The number of carbonyl (C=O) groups is 2. The largest absolute Gasteiger partial charge is 0.497 e. The first-order valence-corrected chi connectivity index (χ1v) is 7.70. The number of rotatable bonds is 3. The third-order valence-electron chi connectivity index (χ3n) is 4.33. The average molecular weight is 330 g/mol. The second-order valence-corrected chi connectivity index (χ2v) is 5.81. The number of carbonyl (C=O) groups excluding carboxylic acids is 2. The van der Waals surface area contributed by atoms with E-state index in [1.807, 2.05) is 0 Å². The molecule has 0 unspecified atom stereocenters. The Balaban J connectivity index is 1.87. The molecular formula is C17H18N2O5. The zero-order valence-electron chi connectivity index (χ0n) is 13.3. The van der Waals surface area contributed by atoms with Crippen LogP contribution in [0.25, 0.3) is 11.0 Å². The van der Waals surface area contributed by atoms with Crippen LogP contribution in [0.3, 0.4) is 0 Å². The van der Waals surface area contributed by atoms with Gasteiger partial charge in [-0.25, -0.2) is 0 Å². The van der Waals surface area contributed by atoms with Gasteiger partial charge in [0.2, 0.25) is 5.91 Å². The maximum absolute atomic E-state index is 12.6. The summed E-state index contributed by atoms with van der Waals surface area (Å²) >= 11 is 0. The molecule has 2 aromatic rings. The molecule has 0 aliphatic carbocycles. The molecule has 2 N–H and O–H groups in total. The fourth-order valence-corrected chi connectivity index (χ4v) is 2.89. The zero-order chi connectivity index (χ0) is 17.3. The van der Waals surface area contributed by atoms with Crippen LogP contribution in [-0.4, -0.2) is 36.9 Å². The molecule has 1 aliphatic rings. The van der Waals surface area contributed by atoms with E-state index in [4.69, 9.17) is 14.9 Å². The topological polar surface area (TPSA) is 103 Å². The molecule has 3 rings (SSSR count). The van der Waals surface area contributed by atoms with E-state index in [-0.39, 0.29) is 28.9 Å². The van der Waals surface area contributed by atoms with Crippen LogP contribution in [0.1, 0.15) is 23.4 Å². The Morgan fingerprint density at radius 3 is 2.58 bits per heavy atom. The summed E-state index contributed by atoms with van der Waals surface area (Å²) in [7, 11) is 1.51. The highest BCUT2D eigenvalue weighted by Crippen LogP contribution is 2.22. The lowest BCUT2D eigenvalue weighted by molar-refractivity contribution is -0.123. The lowest BCUT2D eigenvalue weighted by atomic mass is 9.96. The van der Waals surface area contributed by atoms with Gasteiger partial charge in [0.15, 0.2) is 11.2 Å². The van der Waals surface area contributed by atoms with Crippen molar-refractivity contribution in [2.24, 2.45) is 11.7 Å². The van der Waals surface area contributed by atoms with Crippen LogP contribution < -0.4 is 15.9 Å². The number of primary amides is 1. The predicted molar refractivity (Wildman–Crippen MR) is 86.9 cm³/mol. The Bertz CT molecular complexity index is 850. The van der Waals surface area contributed by atoms with E-state index < -0.39 is 0 Å². The average Bonchev–Trinajstić information content (AvgIpc) is 2.60. The van der Waals surface area contributed by atoms with Gasteiger partial charge < -0.3 is 19.8 Å². The smallest absolute Gasteiger partial charge is 0.289 e. The molecule has 1 fully saturated rings. The van der Waals surface area contributed by atoms with Crippen molar-refractivity contribution in [3.8, 4) is 5.75 Å². The fraction of sp³-hybridized carbons (Fsp3) is 0.353. The quantitative estimate of drug-likeness (QED) is 0.909. The molecule has 2 amide bonds. The van der Waals surface area contributed by atoms with E-state index in [0.29, 0.717) is 42.6 Å². The van der Waals surface area contributed by atoms with Crippen molar-refractivity contribution < 1.29 is 18.7 Å². The van der Waals surface area contributed by atoms with Crippen LogP contribution in [-0.2, 0) is 4.79 Å². The van der Waals surface area contributed by atoms with Gasteiger partial charge in [-0.3, -0.25) is 14.4 Å². The number of piperidine rings is 1. The predicted octanol–water partition coefficient (Wildman–Crippen LogP) is 1.14. The van der Waals surface area contributed by atoms with Crippen molar-refractivity contribution in [1.29, 1.82) is 0 Å². The van der Waals surface area contributed by atoms with Crippen molar-refractivity contribution in [3.05, 3.63) is 40.2 Å². The third-order valence-corrected chi connectivity index (χ3v) is 4.33. The van der Waals surface area contributed by atoms with Crippen LogP contribution in [0.5, 0.6) is 5.75 Å². The van der Waals surface area contributed by atoms with Crippen LogP contribution >= 0.6 is 0 Å². The summed E-state index contributed by atoms with van der Waals surface area (Å²) in [5.74, 6) is -0.385. The van der Waals surface area contributed by atoms with Crippen LogP contribution in [0, 0.1) is 5.92 Å². The van der Waals surface area contributed by atoms with Crippen molar-refractivity contribution in [2.75, 3.05) is 20.2 Å². The highest BCUT2D eigenvalue weighted by atomic mass is 16.5. The first-order chi connectivity index (χ1) is 11.5. The maximum Gasteiger partial charge on any atom is 0.289 e. The van der Waals surface area contributed by atoms with E-state index in [9.17, 15) is 14.4 Å². The Labute approximate surface area is 138 Å². The monoisotopic (exact) mass is 330 g/mol. The van der Waals surface area contributed by atoms with Crippen molar-refractivity contribution in [3.63, 3.8) is 0 Å². The van der Waals surface area contributed by atoms with Crippen molar-refractivity contribution in [2.45, 2.75) is 12.8 Å². The standard InChI is InChI=1S/C17H18N2O5/c1-23-11-2-3-12-13(20)9-15(24-14(12)8-11)17(22)19-6-4-10(5-7-19)16(18)21/h2-3,8-10H,4-7H2,1H3,(H2,18,21). The molecule has 0 bridgehead atoms. The fourth-order valence-electron chi connectivity index (χ4n) is 2.89. The summed E-state index contributed by atoms with van der Waals surface area (Å²) in [6.45, 7) is 0.818. The molecule has 0 atom stereocenters. The Morgan fingerprint density at radius 1 is 1.25 bits per heavy atom. The summed E-state index contributed by atoms with van der Waals surface area (Å²) < 4.78 is 10.7. The second-order valence-electron chi connectivity index (χ2n) is 5.81. The normalized spacial score (nSPS) is 15.5. The Hall–Kier alpha value is -2.83. The third kappa shape index (κ3) is 2.97. The van der Waals surface area contributed by atoms with E-state index >= 15 is 0 Å². The van der Waals surface area contributed by atoms with Crippen LogP contribution in [0.2, 0.25) is 0 Å². The van der Waals surface area contributed by atoms with Gasteiger partial charge in [0.25, 0.3) is 5.91 Å². The van der Waals surface area contributed by atoms with E-state index in [2.05, 4.69) is 0 Å². The number of benzene rings is 1. The lowest BCUT2D eigenvalue weighted by Gasteiger charge is -2.30. The summed E-state index contributed by atoms with van der Waals surface area (Å²) in [6, 6.07) is 6.05. The number of nitrogens with two attached hydrogens (primary N) is 1. The molecule has 0 spiro atoms. The Kier molecular flexibility index (Phi) is 4.24. The second kappa shape index (κ2) is 6.35. The van der Waals surface area contributed by atoms with Gasteiger partial charge in [-0.2, -0.15) is 0 Å². The summed E-state index contributed by atoms with van der Waals surface area (Å²) in [5, 5.41) is 0.389. The SMILES string of the molecule is COc1ccc2c(=O)cc(C(=O)N3CCC(C(N)=O)CC3)oc2c1. The number of methoxy groups -OCH3 is 1. The molecule has 1 aliphatic heterocycles.